The van der Waals surface area contributed by atoms with Crippen LogP contribution in [0.5, 0.6) is 0 Å². The van der Waals surface area contributed by atoms with Crippen LogP contribution in [0, 0.1) is 6.61 Å². The van der Waals surface area contributed by atoms with Gasteiger partial charge in [0.15, 0.2) is 0 Å². The number of hydrogen-bond donors (Lipinski definition) is 1. The van der Waals surface area contributed by atoms with Gasteiger partial charge in [-0.2, -0.15) is 0 Å². The van der Waals surface area contributed by atoms with E-state index in [1.807, 2.05) is 6.61 Å². The third kappa shape index (κ3) is 0.501. The lowest BCUT2D eigenvalue weighted by Gasteiger charge is -2.37. The molecule has 0 aliphatic carbocycles. The monoisotopic (exact) mass is 112 g/mol. The Balaban J connectivity index is 2.01. The van der Waals surface area contributed by atoms with Crippen molar-refractivity contribution in [3.63, 3.8) is 0 Å². The van der Waals surface area contributed by atoms with Gasteiger partial charge in [-0.1, -0.05) is 0 Å². The van der Waals surface area contributed by atoms with Crippen LogP contribution in [0.2, 0.25) is 0 Å². The highest BCUT2D eigenvalue weighted by Gasteiger charge is 2.41. The molecule has 1 radical (unpaired) electrons. The van der Waals surface area contributed by atoms with Crippen molar-refractivity contribution in [2.75, 3.05) is 13.2 Å². The van der Waals surface area contributed by atoms with E-state index in [9.17, 15) is 0 Å². The molecule has 2 rings (SSSR count). The lowest BCUT2D eigenvalue weighted by Crippen LogP contribution is -2.52. The maximum Gasteiger partial charge on any atom is 0.106 e. The average Bonchev–Trinajstić information content (AvgIpc) is 2.07. The van der Waals surface area contributed by atoms with Crippen molar-refractivity contribution in [1.82, 2.24) is 5.32 Å². The Kier molecular flexibility index (Phi) is 0.866. The van der Waals surface area contributed by atoms with Gasteiger partial charge in [0.05, 0.1) is 12.1 Å². The summed E-state index contributed by atoms with van der Waals surface area (Å²) >= 11 is 0. The summed E-state index contributed by atoms with van der Waals surface area (Å²) in [7, 11) is 0. The molecule has 1 spiro atoms. The summed E-state index contributed by atoms with van der Waals surface area (Å²) in [5.74, 6) is 0. The van der Waals surface area contributed by atoms with Gasteiger partial charge in [0.25, 0.3) is 0 Å². The van der Waals surface area contributed by atoms with Gasteiger partial charge in [0, 0.05) is 0 Å². The predicted octanol–water partition coefficient (Wildman–Crippen LogP) is 0.301. The van der Waals surface area contributed by atoms with Crippen molar-refractivity contribution in [2.24, 2.45) is 0 Å². The van der Waals surface area contributed by atoms with E-state index >= 15 is 0 Å². The van der Waals surface area contributed by atoms with Gasteiger partial charge < -0.3 is 10.1 Å². The van der Waals surface area contributed by atoms with E-state index in [1.54, 1.807) is 0 Å². The van der Waals surface area contributed by atoms with Crippen LogP contribution in [-0.4, -0.2) is 18.7 Å². The quantitative estimate of drug-likeness (QED) is 0.486. The van der Waals surface area contributed by atoms with Gasteiger partial charge in [-0.05, 0) is 19.4 Å². The Labute approximate surface area is 49.2 Å². The summed E-state index contributed by atoms with van der Waals surface area (Å²) in [5, 5.41) is 3.39. The predicted molar refractivity (Wildman–Crippen MR) is 30.2 cm³/mol. The molecule has 0 bridgehead atoms. The fourth-order valence-corrected chi connectivity index (χ4v) is 1.34. The molecule has 2 fully saturated rings. The number of nitrogens with one attached hydrogen (secondary N) is 1. The average molecular weight is 112 g/mol. The van der Waals surface area contributed by atoms with Crippen molar-refractivity contribution < 1.29 is 4.74 Å². The first-order valence-corrected chi connectivity index (χ1v) is 3.12. The standard InChI is InChI=1S/C6H10NO/c1-2-6(7-3-1)4-8-5-6/h4,7H,1-3,5H2. The fraction of sp³-hybridized carbons (Fsp3) is 0.833. The molecule has 8 heavy (non-hydrogen) atoms. The molecule has 2 nitrogen and oxygen atoms in total. The summed E-state index contributed by atoms with van der Waals surface area (Å²) in [6.45, 7) is 3.99. The summed E-state index contributed by atoms with van der Waals surface area (Å²) in [6, 6.07) is 0. The van der Waals surface area contributed by atoms with Crippen molar-refractivity contribution in [1.29, 1.82) is 0 Å². The molecule has 0 saturated carbocycles. The van der Waals surface area contributed by atoms with Crippen molar-refractivity contribution >= 4 is 0 Å². The zero-order valence-corrected chi connectivity index (χ0v) is 4.81. The zero-order chi connectivity index (χ0) is 5.45. The second kappa shape index (κ2) is 1.45. The van der Waals surface area contributed by atoms with Crippen LogP contribution in [-0.2, 0) is 4.74 Å². The molecule has 2 aliphatic rings. The number of rotatable bonds is 0. The van der Waals surface area contributed by atoms with E-state index in [4.69, 9.17) is 4.74 Å². The van der Waals surface area contributed by atoms with Gasteiger partial charge in [-0.25, -0.2) is 0 Å². The summed E-state index contributed by atoms with van der Waals surface area (Å²) < 4.78 is 4.97. The Morgan fingerprint density at radius 1 is 1.62 bits per heavy atom. The number of ether oxygens (including phenoxy) is 1. The number of hydrogen-bond acceptors (Lipinski definition) is 2. The molecule has 2 saturated heterocycles. The van der Waals surface area contributed by atoms with E-state index in [-0.39, 0.29) is 0 Å². The summed E-state index contributed by atoms with van der Waals surface area (Å²) in [5.41, 5.74) is 0.319. The highest BCUT2D eigenvalue weighted by molar-refractivity contribution is 5.05. The maximum atomic E-state index is 4.97. The van der Waals surface area contributed by atoms with Crippen molar-refractivity contribution in [2.45, 2.75) is 18.4 Å². The lowest BCUT2D eigenvalue weighted by atomic mass is 9.96. The highest BCUT2D eigenvalue weighted by atomic mass is 16.5. The molecule has 1 unspecified atom stereocenters. The molecule has 0 aromatic carbocycles. The Hall–Kier alpha value is -0.0800. The van der Waals surface area contributed by atoms with Crippen LogP contribution < -0.4 is 5.32 Å². The van der Waals surface area contributed by atoms with E-state index < -0.39 is 0 Å². The minimum absolute atomic E-state index is 0.319. The van der Waals surface area contributed by atoms with E-state index in [2.05, 4.69) is 5.32 Å². The molecule has 0 aromatic rings. The minimum atomic E-state index is 0.319. The highest BCUT2D eigenvalue weighted by Crippen LogP contribution is 2.30. The Bertz CT molecular complexity index is 90.7. The first kappa shape index (κ1) is 4.77. The Morgan fingerprint density at radius 2 is 2.50 bits per heavy atom. The van der Waals surface area contributed by atoms with Crippen LogP contribution in [0.3, 0.4) is 0 Å². The molecule has 0 aromatic heterocycles. The van der Waals surface area contributed by atoms with Crippen LogP contribution >= 0.6 is 0 Å². The van der Waals surface area contributed by atoms with E-state index in [0.717, 1.165) is 6.61 Å². The van der Waals surface area contributed by atoms with Gasteiger partial charge in [0.1, 0.15) is 6.61 Å². The molecule has 2 heteroatoms. The molecule has 2 heterocycles. The smallest absolute Gasteiger partial charge is 0.106 e. The second-order valence-electron chi connectivity index (χ2n) is 2.62. The van der Waals surface area contributed by atoms with Crippen LogP contribution in [0.4, 0.5) is 0 Å². The van der Waals surface area contributed by atoms with Crippen molar-refractivity contribution in [3.05, 3.63) is 6.61 Å². The minimum Gasteiger partial charge on any atom is -0.371 e. The van der Waals surface area contributed by atoms with Gasteiger partial charge in [-0.3, -0.25) is 0 Å². The molecule has 1 N–H and O–H groups in total. The molecular weight excluding hydrogens is 102 g/mol. The van der Waals surface area contributed by atoms with Crippen LogP contribution in [0.15, 0.2) is 0 Å². The largest absolute Gasteiger partial charge is 0.371 e. The van der Waals surface area contributed by atoms with Crippen molar-refractivity contribution in [3.8, 4) is 0 Å². The molecule has 0 amide bonds. The lowest BCUT2D eigenvalue weighted by molar-refractivity contribution is -0.000298. The van der Waals surface area contributed by atoms with E-state index in [1.165, 1.54) is 19.4 Å². The topological polar surface area (TPSA) is 21.3 Å². The molecule has 2 aliphatic heterocycles. The van der Waals surface area contributed by atoms with Gasteiger partial charge >= 0.3 is 0 Å². The van der Waals surface area contributed by atoms with Crippen LogP contribution in [0.25, 0.3) is 0 Å². The normalized spacial score (nSPS) is 33.0. The third-order valence-corrected chi connectivity index (χ3v) is 1.93. The van der Waals surface area contributed by atoms with E-state index in [0.29, 0.717) is 5.54 Å². The first-order chi connectivity index (χ1) is 3.91. The van der Waals surface area contributed by atoms with Gasteiger partial charge in [-0.15, -0.1) is 0 Å². The second-order valence-corrected chi connectivity index (χ2v) is 2.62. The SMILES string of the molecule is [CH]1OCC12CCCN2. The molecule has 1 atom stereocenters. The molecular formula is C6H10NO. The summed E-state index contributed by atoms with van der Waals surface area (Å²) in [4.78, 5) is 0. The summed E-state index contributed by atoms with van der Waals surface area (Å²) in [6.07, 6.45) is 2.58. The fourth-order valence-electron chi connectivity index (χ4n) is 1.34. The van der Waals surface area contributed by atoms with Crippen LogP contribution in [0.1, 0.15) is 12.8 Å². The third-order valence-electron chi connectivity index (χ3n) is 1.93. The zero-order valence-electron chi connectivity index (χ0n) is 4.81. The maximum absolute atomic E-state index is 4.97. The molecule has 45 valence electrons. The van der Waals surface area contributed by atoms with Gasteiger partial charge in [0.2, 0.25) is 0 Å². The Morgan fingerprint density at radius 3 is 2.75 bits per heavy atom. The first-order valence-electron chi connectivity index (χ1n) is 3.12.